The number of piperazine rings is 1. The van der Waals surface area contributed by atoms with Crippen LogP contribution in [0.5, 0.6) is 0 Å². The molecule has 0 radical (unpaired) electrons. The normalized spacial score (nSPS) is 22.0. The van der Waals surface area contributed by atoms with Crippen LogP contribution in [-0.4, -0.2) is 41.2 Å². The molecule has 0 spiro atoms. The van der Waals surface area contributed by atoms with Crippen molar-refractivity contribution in [2.24, 2.45) is 0 Å². The summed E-state index contributed by atoms with van der Waals surface area (Å²) < 4.78 is 0. The van der Waals surface area contributed by atoms with Crippen molar-refractivity contribution < 1.29 is 9.59 Å². The molecule has 1 aliphatic heterocycles. The molecule has 0 aliphatic carbocycles. The molecule has 1 aliphatic rings. The van der Waals surface area contributed by atoms with Gasteiger partial charge in [-0.05, 0) is 23.2 Å². The zero-order valence-corrected chi connectivity index (χ0v) is 8.95. The fourth-order valence-electron chi connectivity index (χ4n) is 1.12. The molecule has 1 saturated heterocycles. The van der Waals surface area contributed by atoms with Crippen LogP contribution in [0.25, 0.3) is 0 Å². The van der Waals surface area contributed by atoms with Gasteiger partial charge in [0, 0.05) is 19.6 Å². The average molecular weight is 248 g/mol. The van der Waals surface area contributed by atoms with Crippen molar-refractivity contribution >= 4 is 46.2 Å². The third kappa shape index (κ3) is 3.31. The fraction of sp³-hybridized carbons (Fsp3) is 0.667. The second-order valence-electron chi connectivity index (χ2n) is 2.47. The summed E-state index contributed by atoms with van der Waals surface area (Å²) in [6.07, 6.45) is 0. The van der Waals surface area contributed by atoms with Crippen LogP contribution in [0.1, 0.15) is 0 Å². The summed E-state index contributed by atoms with van der Waals surface area (Å²) in [5.74, 6) is 0. The number of halogens is 3. The van der Waals surface area contributed by atoms with E-state index in [1.54, 1.807) is 0 Å². The van der Waals surface area contributed by atoms with Crippen molar-refractivity contribution in [1.82, 2.24) is 10.2 Å². The van der Waals surface area contributed by atoms with Gasteiger partial charge in [0.05, 0.1) is 0 Å². The van der Waals surface area contributed by atoms with Crippen molar-refractivity contribution in [1.29, 1.82) is 0 Å². The van der Waals surface area contributed by atoms with Crippen LogP contribution >= 0.6 is 35.6 Å². The largest absolute Gasteiger partial charge is 0.317 e. The molecule has 1 unspecified atom stereocenters. The van der Waals surface area contributed by atoms with Gasteiger partial charge in [0.2, 0.25) is 5.24 Å². The van der Waals surface area contributed by atoms with E-state index in [0.717, 1.165) is 0 Å². The average Bonchev–Trinajstić information content (AvgIpc) is 2.04. The molecule has 0 bridgehead atoms. The number of rotatable bonds is 1. The van der Waals surface area contributed by atoms with Crippen LogP contribution in [-0.2, 0) is 4.79 Å². The second kappa shape index (κ2) is 5.65. The Kier molecular flexibility index (Phi) is 5.64. The lowest BCUT2D eigenvalue weighted by Crippen LogP contribution is -2.54. The Morgan fingerprint density at radius 1 is 1.38 bits per heavy atom. The van der Waals surface area contributed by atoms with Crippen LogP contribution < -0.4 is 5.32 Å². The highest BCUT2D eigenvalue weighted by molar-refractivity contribution is 6.66. The first kappa shape index (κ1) is 13.0. The van der Waals surface area contributed by atoms with E-state index in [1.807, 2.05) is 0 Å². The lowest BCUT2D eigenvalue weighted by atomic mass is 10.2. The van der Waals surface area contributed by atoms with E-state index in [1.165, 1.54) is 4.90 Å². The van der Waals surface area contributed by atoms with E-state index >= 15 is 0 Å². The number of nitrogens with one attached hydrogen (secondary N) is 1. The standard InChI is InChI=1S/C6H8Cl2N2O2.ClH/c7-5(11)4-3-9-1-2-10(4)6(8)12;/h4,9H,1-3H2;1H. The minimum atomic E-state index is -0.629. The van der Waals surface area contributed by atoms with E-state index < -0.39 is 16.7 Å². The SMILES string of the molecule is Cl.O=C(Cl)C1CNCCN1C(=O)Cl. The number of hydrogen-bond donors (Lipinski definition) is 1. The first-order valence-corrected chi connectivity index (χ1v) is 4.24. The Labute approximate surface area is 92.0 Å². The maximum Gasteiger partial charge on any atom is 0.317 e. The number of amides is 1. The van der Waals surface area contributed by atoms with Crippen molar-refractivity contribution in [3.05, 3.63) is 0 Å². The molecule has 1 amide bonds. The molecule has 0 saturated carbocycles. The smallest absolute Gasteiger partial charge is 0.315 e. The molecule has 1 heterocycles. The molecule has 13 heavy (non-hydrogen) atoms. The van der Waals surface area contributed by atoms with E-state index in [0.29, 0.717) is 19.6 Å². The van der Waals surface area contributed by atoms with Gasteiger partial charge in [-0.3, -0.25) is 9.59 Å². The van der Waals surface area contributed by atoms with E-state index in [-0.39, 0.29) is 12.4 Å². The van der Waals surface area contributed by atoms with Gasteiger partial charge in [-0.25, -0.2) is 0 Å². The van der Waals surface area contributed by atoms with Gasteiger partial charge in [0.25, 0.3) is 0 Å². The predicted molar refractivity (Wildman–Crippen MR) is 52.7 cm³/mol. The van der Waals surface area contributed by atoms with Crippen molar-refractivity contribution in [3.63, 3.8) is 0 Å². The number of nitrogens with zero attached hydrogens (tertiary/aromatic N) is 1. The van der Waals surface area contributed by atoms with Crippen LogP contribution in [0, 0.1) is 0 Å². The van der Waals surface area contributed by atoms with Gasteiger partial charge in [0.1, 0.15) is 6.04 Å². The minimum Gasteiger partial charge on any atom is -0.315 e. The molecular formula is C6H9Cl3N2O2. The third-order valence-corrected chi connectivity index (χ3v) is 2.20. The second-order valence-corrected chi connectivity index (χ2v) is 3.17. The highest BCUT2D eigenvalue weighted by atomic mass is 35.5. The van der Waals surface area contributed by atoms with Gasteiger partial charge in [0.15, 0.2) is 0 Å². The highest BCUT2D eigenvalue weighted by Crippen LogP contribution is 2.09. The molecule has 0 aromatic carbocycles. The Hall–Kier alpha value is -0.0300. The summed E-state index contributed by atoms with van der Waals surface area (Å²) in [5, 5.41) is 1.75. The Morgan fingerprint density at radius 2 is 2.00 bits per heavy atom. The topological polar surface area (TPSA) is 49.4 Å². The summed E-state index contributed by atoms with van der Waals surface area (Å²) in [5.41, 5.74) is 0. The maximum atomic E-state index is 10.8. The Bertz CT molecular complexity index is 190. The highest BCUT2D eigenvalue weighted by Gasteiger charge is 2.29. The predicted octanol–water partition coefficient (Wildman–Crippen LogP) is 0.806. The zero-order chi connectivity index (χ0) is 9.14. The van der Waals surface area contributed by atoms with E-state index in [2.05, 4.69) is 5.32 Å². The molecule has 76 valence electrons. The lowest BCUT2D eigenvalue weighted by Gasteiger charge is -2.31. The molecule has 1 fully saturated rings. The summed E-state index contributed by atoms with van der Waals surface area (Å²) in [4.78, 5) is 22.8. The zero-order valence-electron chi connectivity index (χ0n) is 6.63. The first-order chi connectivity index (χ1) is 5.63. The monoisotopic (exact) mass is 246 g/mol. The first-order valence-electron chi connectivity index (χ1n) is 3.49. The minimum absolute atomic E-state index is 0. The fourth-order valence-corrected chi connectivity index (χ4v) is 1.51. The molecule has 1 atom stereocenters. The van der Waals surface area contributed by atoms with Crippen LogP contribution in [0.4, 0.5) is 4.79 Å². The molecule has 1 N–H and O–H groups in total. The molecule has 1 rings (SSSR count). The summed E-state index contributed by atoms with van der Waals surface area (Å²) in [6, 6.07) is -0.620. The lowest BCUT2D eigenvalue weighted by molar-refractivity contribution is -0.115. The van der Waals surface area contributed by atoms with Gasteiger partial charge in [-0.2, -0.15) is 0 Å². The van der Waals surface area contributed by atoms with Crippen molar-refractivity contribution in [3.8, 4) is 0 Å². The Balaban J connectivity index is 0.00000144. The quantitative estimate of drug-likeness (QED) is 0.551. The number of hydrogen-bond acceptors (Lipinski definition) is 3. The number of carbonyl (C=O) groups is 2. The van der Waals surface area contributed by atoms with Crippen LogP contribution in [0.3, 0.4) is 0 Å². The Morgan fingerprint density at radius 3 is 2.38 bits per heavy atom. The van der Waals surface area contributed by atoms with Gasteiger partial charge in [-0.15, -0.1) is 12.4 Å². The van der Waals surface area contributed by atoms with Crippen LogP contribution in [0.2, 0.25) is 0 Å². The van der Waals surface area contributed by atoms with Crippen molar-refractivity contribution in [2.45, 2.75) is 6.04 Å². The molecule has 4 nitrogen and oxygen atoms in total. The van der Waals surface area contributed by atoms with E-state index in [9.17, 15) is 9.59 Å². The van der Waals surface area contributed by atoms with Gasteiger partial charge in [-0.1, -0.05) is 0 Å². The van der Waals surface area contributed by atoms with Crippen molar-refractivity contribution in [2.75, 3.05) is 19.6 Å². The summed E-state index contributed by atoms with van der Waals surface area (Å²) >= 11 is 10.5. The maximum absolute atomic E-state index is 10.8. The van der Waals surface area contributed by atoms with Crippen LogP contribution in [0.15, 0.2) is 0 Å². The third-order valence-electron chi connectivity index (χ3n) is 1.73. The molecule has 0 aromatic heterocycles. The summed E-state index contributed by atoms with van der Waals surface area (Å²) in [7, 11) is 0. The van der Waals surface area contributed by atoms with E-state index in [4.69, 9.17) is 23.2 Å². The molecular weight excluding hydrogens is 238 g/mol. The number of carbonyl (C=O) groups excluding carboxylic acids is 2. The molecule has 0 aromatic rings. The van der Waals surface area contributed by atoms with Gasteiger partial charge >= 0.3 is 5.37 Å². The van der Waals surface area contributed by atoms with Gasteiger partial charge < -0.3 is 10.2 Å². The molecule has 7 heteroatoms. The summed E-state index contributed by atoms with van der Waals surface area (Å²) in [6.45, 7) is 1.44.